The molecule has 2 heterocycles. The van der Waals surface area contributed by atoms with Crippen LogP contribution in [-0.4, -0.2) is 55.3 Å². The molecule has 2 fully saturated rings. The molecule has 1 amide bonds. The SMILES string of the molecule is O=C(Oc1ccccc1)N1CCC(c2ccccc2)(N2CCOCC2)CC1. The summed E-state index contributed by atoms with van der Waals surface area (Å²) in [6.07, 6.45) is 1.55. The maximum absolute atomic E-state index is 12.6. The first-order valence-corrected chi connectivity index (χ1v) is 9.68. The van der Waals surface area contributed by atoms with Crippen LogP contribution in [0.5, 0.6) is 5.75 Å². The number of likely N-dealkylation sites (tertiary alicyclic amines) is 1. The minimum Gasteiger partial charge on any atom is -0.410 e. The summed E-state index contributed by atoms with van der Waals surface area (Å²) >= 11 is 0. The number of hydrogen-bond acceptors (Lipinski definition) is 4. The molecule has 0 atom stereocenters. The lowest BCUT2D eigenvalue weighted by molar-refractivity contribution is -0.0483. The molecule has 2 saturated heterocycles. The number of nitrogens with zero attached hydrogens (tertiary/aromatic N) is 2. The third-order valence-electron chi connectivity index (χ3n) is 5.72. The van der Waals surface area contributed by atoms with Gasteiger partial charge in [0.05, 0.1) is 13.2 Å². The second kappa shape index (κ2) is 8.11. The molecule has 142 valence electrons. The van der Waals surface area contributed by atoms with Crippen LogP contribution in [0.15, 0.2) is 60.7 Å². The van der Waals surface area contributed by atoms with Gasteiger partial charge in [-0.2, -0.15) is 0 Å². The summed E-state index contributed by atoms with van der Waals surface area (Å²) in [5.41, 5.74) is 1.30. The van der Waals surface area contributed by atoms with Gasteiger partial charge in [0.15, 0.2) is 0 Å². The van der Waals surface area contributed by atoms with E-state index in [1.807, 2.05) is 35.2 Å². The average Bonchev–Trinajstić information content (AvgIpc) is 2.76. The van der Waals surface area contributed by atoms with Crippen LogP contribution in [0.4, 0.5) is 4.79 Å². The van der Waals surface area contributed by atoms with E-state index < -0.39 is 0 Å². The monoisotopic (exact) mass is 366 g/mol. The Hall–Kier alpha value is -2.37. The highest BCUT2D eigenvalue weighted by Gasteiger charge is 2.42. The molecule has 4 rings (SSSR count). The molecule has 27 heavy (non-hydrogen) atoms. The number of benzene rings is 2. The lowest BCUT2D eigenvalue weighted by Crippen LogP contribution is -2.57. The molecule has 0 bridgehead atoms. The third-order valence-corrected chi connectivity index (χ3v) is 5.72. The van der Waals surface area contributed by atoms with E-state index in [1.54, 1.807) is 0 Å². The first-order chi connectivity index (χ1) is 13.3. The zero-order valence-electron chi connectivity index (χ0n) is 15.5. The standard InChI is InChI=1S/C22H26N2O3/c25-21(27-20-9-5-2-6-10-20)23-13-11-22(12-14-23,19-7-3-1-4-8-19)24-15-17-26-18-16-24/h1-10H,11-18H2. The van der Waals surface area contributed by atoms with E-state index in [1.165, 1.54) is 5.56 Å². The van der Waals surface area contributed by atoms with Gasteiger partial charge in [-0.05, 0) is 30.5 Å². The van der Waals surface area contributed by atoms with Gasteiger partial charge in [-0.1, -0.05) is 48.5 Å². The van der Waals surface area contributed by atoms with Gasteiger partial charge >= 0.3 is 6.09 Å². The minimum absolute atomic E-state index is 0.0332. The molecule has 0 unspecified atom stereocenters. The summed E-state index contributed by atoms with van der Waals surface area (Å²) in [6.45, 7) is 4.80. The highest BCUT2D eigenvalue weighted by molar-refractivity contribution is 5.70. The van der Waals surface area contributed by atoms with Crippen molar-refractivity contribution >= 4 is 6.09 Å². The summed E-state index contributed by atoms with van der Waals surface area (Å²) in [6, 6.07) is 20.0. The fourth-order valence-electron chi connectivity index (χ4n) is 4.24. The van der Waals surface area contributed by atoms with E-state index in [9.17, 15) is 4.79 Å². The molecule has 0 N–H and O–H groups in total. The van der Waals surface area contributed by atoms with Gasteiger partial charge < -0.3 is 14.4 Å². The maximum atomic E-state index is 12.6. The zero-order chi connectivity index (χ0) is 18.5. The second-order valence-electron chi connectivity index (χ2n) is 7.17. The Balaban J connectivity index is 1.48. The summed E-state index contributed by atoms with van der Waals surface area (Å²) in [5.74, 6) is 0.593. The molecular weight excluding hydrogens is 340 g/mol. The van der Waals surface area contributed by atoms with Gasteiger partial charge in [-0.3, -0.25) is 4.90 Å². The van der Waals surface area contributed by atoms with E-state index in [0.29, 0.717) is 18.8 Å². The molecule has 0 saturated carbocycles. The molecule has 2 aliphatic rings. The Morgan fingerprint density at radius 1 is 0.852 bits per heavy atom. The predicted molar refractivity (Wildman–Crippen MR) is 104 cm³/mol. The van der Waals surface area contributed by atoms with E-state index in [4.69, 9.17) is 9.47 Å². The van der Waals surface area contributed by atoms with E-state index in [2.05, 4.69) is 35.2 Å². The number of para-hydroxylation sites is 1. The van der Waals surface area contributed by atoms with Gasteiger partial charge in [-0.25, -0.2) is 4.79 Å². The van der Waals surface area contributed by atoms with Crippen LogP contribution in [0.2, 0.25) is 0 Å². The largest absolute Gasteiger partial charge is 0.415 e. The van der Waals surface area contributed by atoms with Crippen LogP contribution in [0.1, 0.15) is 18.4 Å². The Morgan fingerprint density at radius 2 is 1.44 bits per heavy atom. The zero-order valence-corrected chi connectivity index (χ0v) is 15.5. The van der Waals surface area contributed by atoms with E-state index in [-0.39, 0.29) is 11.6 Å². The van der Waals surface area contributed by atoms with Crippen LogP contribution in [0, 0.1) is 0 Å². The summed E-state index contributed by atoms with van der Waals surface area (Å²) in [5, 5.41) is 0. The smallest absolute Gasteiger partial charge is 0.410 e. The first kappa shape index (κ1) is 18.0. The Morgan fingerprint density at radius 3 is 2.07 bits per heavy atom. The molecule has 0 aliphatic carbocycles. The van der Waals surface area contributed by atoms with Crippen molar-refractivity contribution < 1.29 is 14.3 Å². The first-order valence-electron chi connectivity index (χ1n) is 9.68. The average molecular weight is 366 g/mol. The number of morpholine rings is 1. The molecule has 2 aromatic rings. The van der Waals surface area contributed by atoms with Crippen molar-refractivity contribution in [2.45, 2.75) is 18.4 Å². The normalized spacial score (nSPS) is 20.2. The molecule has 2 aromatic carbocycles. The van der Waals surface area contributed by atoms with Crippen molar-refractivity contribution in [3.05, 3.63) is 66.2 Å². The van der Waals surface area contributed by atoms with Crippen LogP contribution in [0.25, 0.3) is 0 Å². The number of carbonyl (C=O) groups excluding carboxylic acids is 1. The molecule has 2 aliphatic heterocycles. The Labute approximate surface area is 160 Å². The van der Waals surface area contributed by atoms with E-state index >= 15 is 0 Å². The second-order valence-corrected chi connectivity index (χ2v) is 7.17. The van der Waals surface area contributed by atoms with Crippen molar-refractivity contribution in [3.8, 4) is 5.75 Å². The Bertz CT molecular complexity index is 737. The summed E-state index contributed by atoms with van der Waals surface area (Å²) < 4.78 is 11.1. The van der Waals surface area contributed by atoms with Crippen molar-refractivity contribution in [1.82, 2.24) is 9.80 Å². The third kappa shape index (κ3) is 3.84. The van der Waals surface area contributed by atoms with Crippen LogP contribution >= 0.6 is 0 Å². The van der Waals surface area contributed by atoms with Crippen molar-refractivity contribution in [2.24, 2.45) is 0 Å². The number of rotatable bonds is 3. The van der Waals surface area contributed by atoms with Crippen molar-refractivity contribution in [3.63, 3.8) is 0 Å². The number of amides is 1. The van der Waals surface area contributed by atoms with Crippen molar-refractivity contribution in [1.29, 1.82) is 0 Å². The van der Waals surface area contributed by atoms with Gasteiger partial charge in [0.1, 0.15) is 5.75 Å². The molecule has 5 nitrogen and oxygen atoms in total. The molecule has 5 heteroatoms. The molecule has 0 aromatic heterocycles. The molecule has 0 spiro atoms. The van der Waals surface area contributed by atoms with Crippen molar-refractivity contribution in [2.75, 3.05) is 39.4 Å². The highest BCUT2D eigenvalue weighted by Crippen LogP contribution is 2.39. The number of carbonyl (C=O) groups is 1. The van der Waals surface area contributed by atoms with Gasteiger partial charge in [0.25, 0.3) is 0 Å². The number of hydrogen-bond donors (Lipinski definition) is 0. The fourth-order valence-corrected chi connectivity index (χ4v) is 4.24. The van der Waals surface area contributed by atoms with Crippen LogP contribution in [0.3, 0.4) is 0 Å². The van der Waals surface area contributed by atoms with Crippen LogP contribution < -0.4 is 4.74 Å². The number of ether oxygens (including phenoxy) is 2. The van der Waals surface area contributed by atoms with Gasteiger partial charge in [0.2, 0.25) is 0 Å². The summed E-state index contributed by atoms with van der Waals surface area (Å²) in [4.78, 5) is 16.9. The maximum Gasteiger partial charge on any atom is 0.415 e. The topological polar surface area (TPSA) is 42.0 Å². The highest BCUT2D eigenvalue weighted by atomic mass is 16.6. The lowest BCUT2D eigenvalue weighted by atomic mass is 9.79. The minimum atomic E-state index is -0.259. The fraction of sp³-hybridized carbons (Fsp3) is 0.409. The van der Waals surface area contributed by atoms with Crippen LogP contribution in [-0.2, 0) is 10.3 Å². The summed E-state index contributed by atoms with van der Waals surface area (Å²) in [7, 11) is 0. The quantitative estimate of drug-likeness (QED) is 0.834. The Kier molecular flexibility index (Phi) is 5.41. The van der Waals surface area contributed by atoms with Gasteiger partial charge in [-0.15, -0.1) is 0 Å². The number of piperidine rings is 1. The molecule has 0 radical (unpaired) electrons. The lowest BCUT2D eigenvalue weighted by Gasteiger charge is -2.50. The van der Waals surface area contributed by atoms with Gasteiger partial charge in [0, 0.05) is 31.7 Å². The molecular formula is C22H26N2O3. The predicted octanol–water partition coefficient (Wildman–Crippen LogP) is 3.51. The van der Waals surface area contributed by atoms with E-state index in [0.717, 1.165) is 39.1 Å².